The van der Waals surface area contributed by atoms with Gasteiger partial charge < -0.3 is 10.1 Å². The van der Waals surface area contributed by atoms with Gasteiger partial charge in [-0.1, -0.05) is 32.1 Å². The number of aryl methyl sites for hydroxylation is 1. The summed E-state index contributed by atoms with van der Waals surface area (Å²) in [6.07, 6.45) is 7.10. The number of anilines is 2. The highest BCUT2D eigenvalue weighted by Gasteiger charge is 2.32. The van der Waals surface area contributed by atoms with E-state index < -0.39 is 10.0 Å². The Morgan fingerprint density at radius 1 is 1.12 bits per heavy atom. The number of carbonyl (C=O) groups excluding carboxylic acids is 1. The van der Waals surface area contributed by atoms with Crippen LogP contribution in [0.5, 0.6) is 5.75 Å². The summed E-state index contributed by atoms with van der Waals surface area (Å²) in [5, 5.41) is 16.4. The molecule has 2 aromatic heterocycles. The molecule has 0 aliphatic heterocycles. The van der Waals surface area contributed by atoms with Crippen LogP contribution in [0.3, 0.4) is 0 Å². The van der Waals surface area contributed by atoms with Gasteiger partial charge in [-0.15, -0.1) is 5.10 Å². The number of amides is 1. The van der Waals surface area contributed by atoms with Crippen molar-refractivity contribution in [2.24, 2.45) is 0 Å². The van der Waals surface area contributed by atoms with Gasteiger partial charge >= 0.3 is 0 Å². The van der Waals surface area contributed by atoms with Crippen molar-refractivity contribution >= 4 is 27.3 Å². The van der Waals surface area contributed by atoms with Crippen LogP contribution in [0.25, 0.3) is 16.9 Å². The molecule has 1 aliphatic rings. The fourth-order valence-electron chi connectivity index (χ4n) is 5.09. The van der Waals surface area contributed by atoms with E-state index in [0.717, 1.165) is 41.5 Å². The predicted octanol–water partition coefficient (Wildman–Crippen LogP) is 5.83. The smallest absolute Gasteiger partial charge is 0.255 e. The molecule has 0 unspecified atom stereocenters. The molecule has 1 saturated carbocycles. The van der Waals surface area contributed by atoms with Crippen LogP contribution in [0.15, 0.2) is 42.7 Å². The topological polar surface area (TPSA) is 133 Å². The molecule has 11 nitrogen and oxygen atoms in total. The van der Waals surface area contributed by atoms with Gasteiger partial charge in [-0.2, -0.15) is 5.10 Å². The van der Waals surface area contributed by atoms with E-state index in [1.165, 1.54) is 12.8 Å². The molecule has 12 heteroatoms. The molecule has 1 aliphatic carbocycles. The number of hydrogen-bond donors (Lipinski definition) is 2. The van der Waals surface area contributed by atoms with E-state index in [9.17, 15) is 13.2 Å². The first-order chi connectivity index (χ1) is 20.2. The van der Waals surface area contributed by atoms with E-state index in [1.807, 2.05) is 46.2 Å². The maximum atomic E-state index is 13.6. The van der Waals surface area contributed by atoms with E-state index >= 15 is 0 Å². The Hall–Kier alpha value is -4.19. The van der Waals surface area contributed by atoms with Crippen LogP contribution in [0, 0.1) is 6.92 Å². The number of nitrogens with one attached hydrogen (secondary N) is 2. The molecule has 1 amide bonds. The van der Waals surface area contributed by atoms with Crippen LogP contribution in [-0.4, -0.2) is 52.5 Å². The molecule has 0 saturated heterocycles. The number of sulfonamides is 1. The molecule has 228 valence electrons. The summed E-state index contributed by atoms with van der Waals surface area (Å²) in [6, 6.07) is 9.13. The Labute approximate surface area is 252 Å². The van der Waals surface area contributed by atoms with Gasteiger partial charge in [0.05, 0.1) is 48.5 Å². The summed E-state index contributed by atoms with van der Waals surface area (Å²) in [6.45, 7) is 12.2. The maximum Gasteiger partial charge on any atom is 0.255 e. The lowest BCUT2D eigenvalue weighted by Gasteiger charge is -2.24. The first-order valence-electron chi connectivity index (χ1n) is 14.3. The van der Waals surface area contributed by atoms with E-state index in [1.54, 1.807) is 28.9 Å². The third-order valence-electron chi connectivity index (χ3n) is 7.48. The molecular weight excluding hydrogens is 566 g/mol. The summed E-state index contributed by atoms with van der Waals surface area (Å²) < 4.78 is 36.0. The number of carbonyl (C=O) groups is 1. The zero-order valence-corrected chi connectivity index (χ0v) is 26.7. The molecule has 2 heterocycles. The van der Waals surface area contributed by atoms with Crippen LogP contribution < -0.4 is 14.8 Å². The van der Waals surface area contributed by atoms with Gasteiger partial charge in [-0.25, -0.2) is 13.1 Å². The average molecular weight is 606 g/mol. The monoisotopic (exact) mass is 605 g/mol. The molecule has 0 atom stereocenters. The predicted molar refractivity (Wildman–Crippen MR) is 168 cm³/mol. The highest BCUT2D eigenvalue weighted by atomic mass is 32.2. The number of ether oxygens (including phenoxy) is 1. The second-order valence-electron chi connectivity index (χ2n) is 12.5. The van der Waals surface area contributed by atoms with Gasteiger partial charge in [0.15, 0.2) is 5.75 Å². The molecule has 4 aromatic rings. The van der Waals surface area contributed by atoms with Crippen molar-refractivity contribution < 1.29 is 17.9 Å². The Morgan fingerprint density at radius 2 is 1.81 bits per heavy atom. The Morgan fingerprint density at radius 3 is 2.42 bits per heavy atom. The van der Waals surface area contributed by atoms with E-state index in [-0.39, 0.29) is 28.8 Å². The first kappa shape index (κ1) is 30.3. The zero-order chi connectivity index (χ0) is 31.3. The quantitative estimate of drug-likeness (QED) is 0.245. The molecule has 43 heavy (non-hydrogen) atoms. The third-order valence-corrected chi connectivity index (χ3v) is 8.07. The minimum absolute atomic E-state index is 0.216. The van der Waals surface area contributed by atoms with Gasteiger partial charge in [-0.3, -0.25) is 14.2 Å². The van der Waals surface area contributed by atoms with Crippen molar-refractivity contribution in [2.75, 3.05) is 23.4 Å². The Bertz CT molecular complexity index is 1790. The number of methoxy groups -OCH3 is 1. The normalized spacial score (nSPS) is 13.8. The van der Waals surface area contributed by atoms with Crippen molar-refractivity contribution in [1.82, 2.24) is 24.8 Å². The van der Waals surface area contributed by atoms with Gasteiger partial charge in [0.25, 0.3) is 5.91 Å². The number of rotatable bonds is 9. The van der Waals surface area contributed by atoms with E-state index in [2.05, 4.69) is 44.0 Å². The first-order valence-corrected chi connectivity index (χ1v) is 16.2. The highest BCUT2D eigenvalue weighted by Crippen LogP contribution is 2.45. The lowest BCUT2D eigenvalue weighted by atomic mass is 9.86. The van der Waals surface area contributed by atoms with Crippen LogP contribution in [-0.2, 0) is 15.4 Å². The lowest BCUT2D eigenvalue weighted by molar-refractivity contribution is 0.102. The molecular formula is C31H39N7O4S. The third kappa shape index (κ3) is 6.43. The SMILES string of the molecule is COc1c(NC(=O)c2ccc(C)c(-n3cc(-c4cnn(C(C)C)c4C4CC4)nn3)c2)cc(C(C)(C)C)cc1NS(C)(=O)=O. The van der Waals surface area contributed by atoms with Crippen molar-refractivity contribution in [3.05, 3.63) is 65.1 Å². The largest absolute Gasteiger partial charge is 0.492 e. The minimum Gasteiger partial charge on any atom is -0.492 e. The summed E-state index contributed by atoms with van der Waals surface area (Å²) in [7, 11) is -2.17. The van der Waals surface area contributed by atoms with Gasteiger partial charge in [0.2, 0.25) is 10.0 Å². The molecule has 2 aromatic carbocycles. The molecule has 0 bridgehead atoms. The summed E-state index contributed by atoms with van der Waals surface area (Å²) >= 11 is 0. The number of nitrogens with zero attached hydrogens (tertiary/aromatic N) is 5. The fourth-order valence-corrected chi connectivity index (χ4v) is 5.64. The van der Waals surface area contributed by atoms with Gasteiger partial charge in [-0.05, 0) is 74.4 Å². The highest BCUT2D eigenvalue weighted by molar-refractivity contribution is 7.92. The van der Waals surface area contributed by atoms with Gasteiger partial charge in [0.1, 0.15) is 5.69 Å². The van der Waals surface area contributed by atoms with Crippen molar-refractivity contribution in [2.45, 2.75) is 71.8 Å². The summed E-state index contributed by atoms with van der Waals surface area (Å²) in [5.41, 5.74) is 6.03. The lowest BCUT2D eigenvalue weighted by Crippen LogP contribution is -2.18. The Kier molecular flexibility index (Phi) is 7.84. The molecule has 1 fully saturated rings. The summed E-state index contributed by atoms with van der Waals surface area (Å²) in [5.74, 6) is 0.319. The summed E-state index contributed by atoms with van der Waals surface area (Å²) in [4.78, 5) is 13.6. The fraction of sp³-hybridized carbons (Fsp3) is 0.419. The van der Waals surface area contributed by atoms with Crippen LogP contribution in [0.1, 0.15) is 86.6 Å². The molecule has 2 N–H and O–H groups in total. The zero-order valence-electron chi connectivity index (χ0n) is 25.9. The van der Waals surface area contributed by atoms with Crippen LogP contribution in [0.2, 0.25) is 0 Å². The minimum atomic E-state index is -3.60. The molecule has 0 radical (unpaired) electrons. The Balaban J connectivity index is 1.48. The van der Waals surface area contributed by atoms with E-state index in [0.29, 0.717) is 22.9 Å². The second kappa shape index (κ2) is 11.1. The maximum absolute atomic E-state index is 13.6. The number of benzene rings is 2. The molecule has 5 rings (SSSR count). The van der Waals surface area contributed by atoms with E-state index in [4.69, 9.17) is 4.74 Å². The number of hydrogen-bond acceptors (Lipinski definition) is 7. The van der Waals surface area contributed by atoms with Gasteiger partial charge in [0, 0.05) is 23.1 Å². The average Bonchev–Trinajstić information content (AvgIpc) is 3.45. The van der Waals surface area contributed by atoms with Crippen LogP contribution >= 0.6 is 0 Å². The van der Waals surface area contributed by atoms with Crippen molar-refractivity contribution in [1.29, 1.82) is 0 Å². The van der Waals surface area contributed by atoms with Crippen molar-refractivity contribution in [3.8, 4) is 22.7 Å². The standard InChI is InChI=1S/C31H39N7O4S/c1-18(2)38-28(20-11-12-20)23(16-32-38)26-17-37(36-34-26)27-13-21(10-9-19(27)3)30(39)33-24-14-22(31(4,5)6)15-25(29(24)42-7)35-43(8,40)41/h9-10,13-18,20,35H,11-12H2,1-8H3,(H,33,39). The number of aromatic nitrogens is 5. The van der Waals surface area contributed by atoms with Crippen LogP contribution in [0.4, 0.5) is 11.4 Å². The molecule has 0 spiro atoms. The van der Waals surface area contributed by atoms with Crippen molar-refractivity contribution in [3.63, 3.8) is 0 Å². The second-order valence-corrected chi connectivity index (χ2v) is 14.2.